The number of halogens is 1. The predicted molar refractivity (Wildman–Crippen MR) is 242 cm³/mol. The summed E-state index contributed by atoms with van der Waals surface area (Å²) in [4.78, 5) is 62.6. The highest BCUT2D eigenvalue weighted by molar-refractivity contribution is 7.89. The Morgan fingerprint density at radius 2 is 1.55 bits per heavy atom. The topological polar surface area (TPSA) is 227 Å². The van der Waals surface area contributed by atoms with E-state index in [0.717, 1.165) is 18.4 Å². The van der Waals surface area contributed by atoms with Crippen LogP contribution in [0.4, 0.5) is 15.3 Å². The van der Waals surface area contributed by atoms with E-state index in [1.807, 2.05) is 18.2 Å². The minimum Gasteiger partial charge on any atom is -0.444 e. The fraction of sp³-hybridized carbons (Fsp3) is 0.489. The standard InChI is InChI=1S/C45H58ClN9O8S/c1-44(2,3)62-42(58)48-25-28-10-12-31(13-11-28)39(56)50-37(40(57)49-34-16-14-30(15-17-34)38-51-41(46)53-52-38)23-29-8-7-9-32(22-29)33-24-36(27-47-26-33)64(60,61)54-35-18-20-55(21-19-35)43(59)63-45(4,5)6/h7-9,14-17,22,24,26-28,31,35,37,54H,10-13,18-21,23,25H2,1-6H3,(H,48,58)(H,49,57)(H,50,56)(H,51,52,53). The molecule has 2 fully saturated rings. The second-order valence-corrected chi connectivity index (χ2v) is 20.4. The number of nitrogens with one attached hydrogen (secondary N) is 5. The summed E-state index contributed by atoms with van der Waals surface area (Å²) in [6, 6.07) is 14.4. The van der Waals surface area contributed by atoms with Crippen LogP contribution in [0.5, 0.6) is 0 Å². The zero-order chi connectivity index (χ0) is 46.2. The number of anilines is 1. The monoisotopic (exact) mass is 919 g/mol. The molecule has 3 heterocycles. The number of carbonyl (C=O) groups excluding carboxylic acids is 4. The van der Waals surface area contributed by atoms with Gasteiger partial charge in [0.15, 0.2) is 5.82 Å². The first kappa shape index (κ1) is 47.9. The molecule has 19 heteroatoms. The van der Waals surface area contributed by atoms with E-state index in [2.05, 4.69) is 40.8 Å². The summed E-state index contributed by atoms with van der Waals surface area (Å²) in [6.07, 6.45) is 5.58. The Morgan fingerprint density at radius 1 is 0.859 bits per heavy atom. The molecule has 2 aromatic carbocycles. The smallest absolute Gasteiger partial charge is 0.410 e. The molecule has 1 saturated carbocycles. The van der Waals surface area contributed by atoms with Gasteiger partial charge in [0.05, 0.1) is 0 Å². The van der Waals surface area contributed by atoms with Gasteiger partial charge in [-0.1, -0.05) is 24.3 Å². The van der Waals surface area contributed by atoms with Gasteiger partial charge in [-0.25, -0.2) is 27.8 Å². The van der Waals surface area contributed by atoms with Crippen LogP contribution in [0.3, 0.4) is 0 Å². The van der Waals surface area contributed by atoms with Crippen LogP contribution >= 0.6 is 11.6 Å². The second-order valence-electron chi connectivity index (χ2n) is 18.4. The number of hydrogen-bond donors (Lipinski definition) is 5. The van der Waals surface area contributed by atoms with Gasteiger partial charge in [-0.3, -0.25) is 14.6 Å². The van der Waals surface area contributed by atoms with E-state index in [0.29, 0.717) is 73.5 Å². The molecular weight excluding hydrogens is 862 g/mol. The number of carbonyl (C=O) groups is 4. The highest BCUT2D eigenvalue weighted by Crippen LogP contribution is 2.30. The third kappa shape index (κ3) is 14.0. The lowest BCUT2D eigenvalue weighted by atomic mass is 9.81. The number of aromatic amines is 1. The highest BCUT2D eigenvalue weighted by atomic mass is 35.5. The maximum atomic E-state index is 14.0. The number of ether oxygens (including phenoxy) is 2. The number of amides is 4. The fourth-order valence-electron chi connectivity index (χ4n) is 7.60. The number of benzene rings is 2. The molecule has 1 saturated heterocycles. The van der Waals surface area contributed by atoms with Crippen LogP contribution in [0.15, 0.2) is 71.9 Å². The number of hydrogen-bond acceptors (Lipinski definition) is 11. The van der Waals surface area contributed by atoms with Crippen molar-refractivity contribution in [2.24, 2.45) is 11.8 Å². The molecule has 1 unspecified atom stereocenters. The summed E-state index contributed by atoms with van der Waals surface area (Å²) in [5, 5.41) is 15.6. The average Bonchev–Trinajstić information content (AvgIpc) is 3.68. The number of pyridine rings is 1. The van der Waals surface area contributed by atoms with Crippen molar-refractivity contribution in [2.45, 2.75) is 115 Å². The van der Waals surface area contributed by atoms with Gasteiger partial charge in [0, 0.05) is 67.2 Å². The lowest BCUT2D eigenvalue weighted by molar-refractivity contribution is -0.130. The summed E-state index contributed by atoms with van der Waals surface area (Å²) >= 11 is 5.90. The Morgan fingerprint density at radius 3 is 2.19 bits per heavy atom. The van der Waals surface area contributed by atoms with E-state index in [4.69, 9.17) is 21.1 Å². The molecule has 1 aliphatic carbocycles. The minimum absolute atomic E-state index is 0.0120. The van der Waals surface area contributed by atoms with E-state index >= 15 is 0 Å². The van der Waals surface area contributed by atoms with Crippen LogP contribution in [0, 0.1) is 11.8 Å². The van der Waals surface area contributed by atoms with Gasteiger partial charge in [-0.05, 0) is 139 Å². The Hall–Kier alpha value is -5.59. The number of rotatable bonds is 13. The van der Waals surface area contributed by atoms with Crippen molar-refractivity contribution in [3.8, 4) is 22.5 Å². The second kappa shape index (κ2) is 20.5. The molecule has 344 valence electrons. The fourth-order valence-corrected chi connectivity index (χ4v) is 9.02. The van der Waals surface area contributed by atoms with Crippen LogP contribution in [0.25, 0.3) is 22.5 Å². The van der Waals surface area contributed by atoms with Crippen molar-refractivity contribution in [3.63, 3.8) is 0 Å². The Bertz CT molecular complexity index is 2380. The van der Waals surface area contributed by atoms with Gasteiger partial charge < -0.3 is 30.3 Å². The summed E-state index contributed by atoms with van der Waals surface area (Å²) in [5.74, 6) is -0.404. The molecule has 17 nitrogen and oxygen atoms in total. The third-order valence-corrected chi connectivity index (χ3v) is 12.5. The molecule has 4 aromatic rings. The highest BCUT2D eigenvalue weighted by Gasteiger charge is 2.32. The molecule has 0 radical (unpaired) electrons. The molecule has 2 aliphatic rings. The molecule has 5 N–H and O–H groups in total. The number of aromatic nitrogens is 4. The summed E-state index contributed by atoms with van der Waals surface area (Å²) in [7, 11) is -3.97. The van der Waals surface area contributed by atoms with Crippen molar-refractivity contribution in [1.29, 1.82) is 0 Å². The molecule has 0 spiro atoms. The van der Waals surface area contributed by atoms with Gasteiger partial charge in [0.25, 0.3) is 0 Å². The van der Waals surface area contributed by atoms with Crippen molar-refractivity contribution < 1.29 is 37.1 Å². The number of likely N-dealkylation sites (tertiary alicyclic amines) is 1. The molecular formula is C45H58ClN9O8S. The number of piperidine rings is 1. The first-order valence-electron chi connectivity index (χ1n) is 21.5. The van der Waals surface area contributed by atoms with E-state index in [1.54, 1.807) is 89.0 Å². The summed E-state index contributed by atoms with van der Waals surface area (Å²) in [5.41, 5.74) is 1.87. The summed E-state index contributed by atoms with van der Waals surface area (Å²) < 4.78 is 40.8. The zero-order valence-corrected chi connectivity index (χ0v) is 38.6. The first-order chi connectivity index (χ1) is 30.2. The first-order valence-corrected chi connectivity index (χ1v) is 23.4. The minimum atomic E-state index is -3.97. The van der Waals surface area contributed by atoms with Crippen LogP contribution < -0.4 is 20.7 Å². The summed E-state index contributed by atoms with van der Waals surface area (Å²) in [6.45, 7) is 12.0. The van der Waals surface area contributed by atoms with Crippen LogP contribution in [-0.4, -0.2) is 100 Å². The molecule has 1 aliphatic heterocycles. The van der Waals surface area contributed by atoms with Crippen molar-refractivity contribution in [2.75, 3.05) is 25.0 Å². The normalized spacial score (nSPS) is 17.8. The average molecular weight is 921 g/mol. The predicted octanol–water partition coefficient (Wildman–Crippen LogP) is 6.86. The maximum Gasteiger partial charge on any atom is 0.410 e. The molecule has 0 bridgehead atoms. The Kier molecular flexibility index (Phi) is 15.3. The van der Waals surface area contributed by atoms with E-state index in [9.17, 15) is 27.6 Å². The number of sulfonamides is 1. The number of alkyl carbamates (subject to hydrolysis) is 1. The van der Waals surface area contributed by atoms with Crippen LogP contribution in [0.1, 0.15) is 85.6 Å². The molecule has 2 aromatic heterocycles. The third-order valence-electron chi connectivity index (χ3n) is 10.8. The molecule has 1 atom stereocenters. The van der Waals surface area contributed by atoms with Crippen molar-refractivity contribution in [1.82, 2.24) is 40.4 Å². The Balaban J connectivity index is 1.13. The van der Waals surface area contributed by atoms with Gasteiger partial charge in [-0.2, -0.15) is 10.1 Å². The van der Waals surface area contributed by atoms with E-state index < -0.39 is 45.4 Å². The SMILES string of the molecule is CC(C)(C)OC(=O)NCC1CCC(C(=O)NC(Cc2cccc(-c3cncc(S(=O)(=O)NC4CCN(C(=O)OC(C)(C)C)CC4)c3)c2)C(=O)Nc2ccc(-c3n[nH]c(Cl)n3)cc2)CC1. The Labute approximate surface area is 379 Å². The van der Waals surface area contributed by atoms with Crippen molar-refractivity contribution >= 4 is 51.3 Å². The number of nitrogens with zero attached hydrogens (tertiary/aromatic N) is 4. The van der Waals surface area contributed by atoms with Gasteiger partial charge in [-0.15, -0.1) is 0 Å². The number of H-pyrrole nitrogens is 1. The van der Waals surface area contributed by atoms with Gasteiger partial charge in [0.1, 0.15) is 22.1 Å². The lowest BCUT2D eigenvalue weighted by Crippen LogP contribution is -2.48. The van der Waals surface area contributed by atoms with Crippen LogP contribution in [0.2, 0.25) is 5.28 Å². The molecule has 64 heavy (non-hydrogen) atoms. The van der Waals surface area contributed by atoms with Crippen molar-refractivity contribution in [3.05, 3.63) is 77.8 Å². The van der Waals surface area contributed by atoms with E-state index in [-0.39, 0.29) is 40.4 Å². The van der Waals surface area contributed by atoms with Gasteiger partial charge >= 0.3 is 12.2 Å². The lowest BCUT2D eigenvalue weighted by Gasteiger charge is -2.33. The molecule has 6 rings (SSSR count). The zero-order valence-electron chi connectivity index (χ0n) is 37.1. The largest absolute Gasteiger partial charge is 0.444 e. The van der Waals surface area contributed by atoms with Gasteiger partial charge in [0.2, 0.25) is 27.1 Å². The quantitative estimate of drug-likeness (QED) is 0.0931. The van der Waals surface area contributed by atoms with E-state index in [1.165, 1.54) is 6.20 Å². The van der Waals surface area contributed by atoms with Crippen LogP contribution in [-0.2, 0) is 35.5 Å². The molecule has 4 amide bonds. The maximum absolute atomic E-state index is 14.0.